The van der Waals surface area contributed by atoms with Crippen molar-refractivity contribution in [1.82, 2.24) is 0 Å². The summed E-state index contributed by atoms with van der Waals surface area (Å²) in [6.07, 6.45) is 6.75. The monoisotopic (exact) mass is 324 g/mol. The number of allylic oxidation sites excluding steroid dienone is 1. The van der Waals surface area contributed by atoms with E-state index >= 15 is 0 Å². The van der Waals surface area contributed by atoms with E-state index < -0.39 is 0 Å². The summed E-state index contributed by atoms with van der Waals surface area (Å²) < 4.78 is 0. The van der Waals surface area contributed by atoms with Gasteiger partial charge in [-0.1, -0.05) is 19.1 Å². The van der Waals surface area contributed by atoms with E-state index in [9.17, 15) is 0 Å². The van der Waals surface area contributed by atoms with Gasteiger partial charge in [-0.15, -0.1) is 0 Å². The van der Waals surface area contributed by atoms with Crippen LogP contribution in [-0.4, -0.2) is 11.1 Å². The van der Waals surface area contributed by atoms with Crippen LogP contribution in [0.25, 0.3) is 9.69 Å². The predicted octanol–water partition coefficient (Wildman–Crippen LogP) is 6.02. The molecule has 0 aliphatic heterocycles. The largest absolute Gasteiger partial charge is 0.311 e. The van der Waals surface area contributed by atoms with Crippen molar-refractivity contribution < 1.29 is 0 Å². The summed E-state index contributed by atoms with van der Waals surface area (Å²) in [6.45, 7) is 28.6. The molecule has 130 valence electrons. The maximum Gasteiger partial charge on any atom is 0.233 e. The SMILES string of the molecule is [C-]#[N+]C(C)(C)C[C@@H]1C[C@H](C)[C@H]2CC[C@](C)([N+]#[C-])[C@@H]3CCC(=C)[C@@H]1[C@H]23. The standard InChI is InChI=1S/C22H32N2/c1-14-8-9-18-20-17(10-11-22(18,5)24-7)15(2)12-16(19(14)20)13-21(3,4)23-6/h15-20H,1,8-13H2,2-5H3/t15-,16-,17+,18+,19-,20+,22-/m0/s1. The van der Waals surface area contributed by atoms with Crippen LogP contribution in [0, 0.1) is 48.7 Å². The highest BCUT2D eigenvalue weighted by Crippen LogP contribution is 2.61. The lowest BCUT2D eigenvalue weighted by molar-refractivity contribution is -0.0535. The molecule has 7 atom stereocenters. The molecule has 0 saturated heterocycles. The lowest BCUT2D eigenvalue weighted by Crippen LogP contribution is -2.55. The van der Waals surface area contributed by atoms with Crippen LogP contribution in [0.1, 0.15) is 66.2 Å². The van der Waals surface area contributed by atoms with E-state index in [0.717, 1.165) is 37.5 Å². The number of rotatable bonds is 2. The second-order valence-corrected chi connectivity index (χ2v) is 9.68. The molecular weight excluding hydrogens is 292 g/mol. The summed E-state index contributed by atoms with van der Waals surface area (Å²) in [5.41, 5.74) is 0.979. The smallest absolute Gasteiger partial charge is 0.233 e. The Labute approximate surface area is 148 Å². The Bertz CT molecular complexity index is 604. The highest BCUT2D eigenvalue weighted by Gasteiger charge is 2.59. The van der Waals surface area contributed by atoms with Crippen molar-refractivity contribution in [1.29, 1.82) is 0 Å². The summed E-state index contributed by atoms with van der Waals surface area (Å²) in [4.78, 5) is 8.02. The van der Waals surface area contributed by atoms with Crippen LogP contribution in [0.5, 0.6) is 0 Å². The number of hydrogen-bond donors (Lipinski definition) is 0. The molecule has 3 aliphatic carbocycles. The van der Waals surface area contributed by atoms with Crippen molar-refractivity contribution in [2.24, 2.45) is 35.5 Å². The van der Waals surface area contributed by atoms with Crippen LogP contribution in [0.3, 0.4) is 0 Å². The van der Waals surface area contributed by atoms with E-state index in [1.165, 1.54) is 18.4 Å². The minimum atomic E-state index is -0.276. The molecule has 3 aliphatic rings. The van der Waals surface area contributed by atoms with Crippen LogP contribution >= 0.6 is 0 Å². The molecule has 3 fully saturated rings. The van der Waals surface area contributed by atoms with E-state index in [1.54, 1.807) is 0 Å². The second-order valence-electron chi connectivity index (χ2n) is 9.68. The van der Waals surface area contributed by atoms with E-state index in [0.29, 0.717) is 23.7 Å². The lowest BCUT2D eigenvalue weighted by atomic mass is 9.46. The Kier molecular flexibility index (Phi) is 4.32. The van der Waals surface area contributed by atoms with E-state index in [1.807, 2.05) is 0 Å². The third-order valence-corrected chi connectivity index (χ3v) is 7.64. The Morgan fingerprint density at radius 3 is 2.62 bits per heavy atom. The Balaban J connectivity index is 1.97. The van der Waals surface area contributed by atoms with Crippen molar-refractivity contribution in [3.8, 4) is 0 Å². The molecule has 2 nitrogen and oxygen atoms in total. The molecule has 24 heavy (non-hydrogen) atoms. The molecule has 0 aromatic rings. The Morgan fingerprint density at radius 2 is 2.00 bits per heavy atom. The van der Waals surface area contributed by atoms with E-state index in [2.05, 4.69) is 44.0 Å². The summed E-state index contributed by atoms with van der Waals surface area (Å²) in [6, 6.07) is 0. The van der Waals surface area contributed by atoms with Gasteiger partial charge in [0.2, 0.25) is 11.1 Å². The predicted molar refractivity (Wildman–Crippen MR) is 99.1 cm³/mol. The van der Waals surface area contributed by atoms with E-state index in [4.69, 9.17) is 13.1 Å². The third-order valence-electron chi connectivity index (χ3n) is 7.64. The van der Waals surface area contributed by atoms with Gasteiger partial charge >= 0.3 is 0 Å². The molecule has 3 rings (SSSR count). The Morgan fingerprint density at radius 1 is 1.29 bits per heavy atom. The zero-order chi connectivity index (χ0) is 17.7. The van der Waals surface area contributed by atoms with Gasteiger partial charge in [-0.05, 0) is 55.3 Å². The van der Waals surface area contributed by atoms with Crippen molar-refractivity contribution in [2.45, 2.75) is 77.3 Å². The molecule has 0 N–H and O–H groups in total. The third kappa shape index (κ3) is 2.69. The molecule has 0 aromatic carbocycles. The van der Waals surface area contributed by atoms with Crippen LogP contribution in [0.2, 0.25) is 0 Å². The normalized spacial score (nSPS) is 45.0. The summed E-state index contributed by atoms with van der Waals surface area (Å²) in [5, 5.41) is 0. The number of nitrogens with zero attached hydrogens (tertiary/aromatic N) is 2. The first-order valence-electron chi connectivity index (χ1n) is 9.67. The van der Waals surface area contributed by atoms with Crippen molar-refractivity contribution >= 4 is 0 Å². The zero-order valence-electron chi connectivity index (χ0n) is 15.8. The minimum absolute atomic E-state index is 0.170. The summed E-state index contributed by atoms with van der Waals surface area (Å²) >= 11 is 0. The van der Waals surface area contributed by atoms with Gasteiger partial charge in [-0.2, -0.15) is 0 Å². The molecule has 0 aromatic heterocycles. The maximum absolute atomic E-state index is 7.81. The second kappa shape index (κ2) is 5.91. The summed E-state index contributed by atoms with van der Waals surface area (Å²) in [7, 11) is 0. The fourth-order valence-electron chi connectivity index (χ4n) is 6.50. The van der Waals surface area contributed by atoms with E-state index in [-0.39, 0.29) is 11.1 Å². The Hall–Kier alpha value is -1.28. The van der Waals surface area contributed by atoms with Crippen LogP contribution in [0.4, 0.5) is 0 Å². The maximum atomic E-state index is 7.81. The topological polar surface area (TPSA) is 8.72 Å². The van der Waals surface area contributed by atoms with Crippen LogP contribution in [-0.2, 0) is 0 Å². The molecule has 0 bridgehead atoms. The van der Waals surface area contributed by atoms with Gasteiger partial charge in [0, 0.05) is 39.5 Å². The first-order valence-corrected chi connectivity index (χ1v) is 9.67. The molecule has 0 spiro atoms. The van der Waals surface area contributed by atoms with Crippen LogP contribution < -0.4 is 0 Å². The molecule has 2 heteroatoms. The fourth-order valence-corrected chi connectivity index (χ4v) is 6.50. The van der Waals surface area contributed by atoms with Gasteiger partial charge in [0.1, 0.15) is 0 Å². The molecule has 0 unspecified atom stereocenters. The number of hydrogen-bond acceptors (Lipinski definition) is 0. The molecular formula is C22H32N2. The van der Waals surface area contributed by atoms with Crippen molar-refractivity contribution in [3.63, 3.8) is 0 Å². The van der Waals surface area contributed by atoms with Gasteiger partial charge < -0.3 is 9.69 Å². The quantitative estimate of drug-likeness (QED) is 0.434. The van der Waals surface area contributed by atoms with Gasteiger partial charge in [0.25, 0.3) is 0 Å². The fraction of sp³-hybridized carbons (Fsp3) is 0.818. The molecule has 0 amide bonds. The van der Waals surface area contributed by atoms with Crippen molar-refractivity contribution in [2.75, 3.05) is 0 Å². The molecule has 0 radical (unpaired) electrons. The highest BCUT2D eigenvalue weighted by atomic mass is 14.8. The van der Waals surface area contributed by atoms with Gasteiger partial charge in [0.15, 0.2) is 0 Å². The highest BCUT2D eigenvalue weighted by molar-refractivity contribution is 5.20. The molecule has 3 saturated carbocycles. The lowest BCUT2D eigenvalue weighted by Gasteiger charge is -2.57. The van der Waals surface area contributed by atoms with Gasteiger partial charge in [-0.3, -0.25) is 0 Å². The average molecular weight is 325 g/mol. The van der Waals surface area contributed by atoms with Crippen molar-refractivity contribution in [3.05, 3.63) is 35.0 Å². The first-order chi connectivity index (χ1) is 11.2. The van der Waals surface area contributed by atoms with Gasteiger partial charge in [-0.25, -0.2) is 13.1 Å². The first kappa shape index (κ1) is 17.5. The van der Waals surface area contributed by atoms with Crippen LogP contribution in [0.15, 0.2) is 12.2 Å². The zero-order valence-corrected chi connectivity index (χ0v) is 15.8. The summed E-state index contributed by atoms with van der Waals surface area (Å²) in [5.74, 6) is 3.78. The molecule has 0 heterocycles. The average Bonchev–Trinajstić information content (AvgIpc) is 2.53. The van der Waals surface area contributed by atoms with Gasteiger partial charge in [0.05, 0.1) is 0 Å². The minimum Gasteiger partial charge on any atom is -0.311 e.